The van der Waals surface area contributed by atoms with Crippen LogP contribution in [0.25, 0.3) is 0 Å². The monoisotopic (exact) mass is 235 g/mol. The second-order valence-electron chi connectivity index (χ2n) is 3.19. The Kier molecular flexibility index (Phi) is 3.18. The highest BCUT2D eigenvalue weighted by Gasteiger charge is 2.35. The first-order valence-corrected chi connectivity index (χ1v) is 4.23. The summed E-state index contributed by atoms with van der Waals surface area (Å²) in [7, 11) is 0. The Labute approximate surface area is 88.5 Å². The molecule has 0 aliphatic rings. The van der Waals surface area contributed by atoms with Crippen molar-refractivity contribution in [2.75, 3.05) is 0 Å². The first-order valence-electron chi connectivity index (χ1n) is 4.23. The summed E-state index contributed by atoms with van der Waals surface area (Å²) in [6.07, 6.45) is -4.67. The first-order chi connectivity index (χ1) is 7.27. The van der Waals surface area contributed by atoms with E-state index in [0.717, 1.165) is 13.0 Å². The number of aliphatic hydroxyl groups excluding tert-OH is 1. The molecular weight excluding hydrogens is 227 g/mol. The zero-order valence-electron chi connectivity index (χ0n) is 8.21. The fourth-order valence-electron chi connectivity index (χ4n) is 1.32. The molecule has 1 aromatic rings. The summed E-state index contributed by atoms with van der Waals surface area (Å²) < 4.78 is 37.5. The molecule has 1 rings (SSSR count). The van der Waals surface area contributed by atoms with Crippen LogP contribution in [0.1, 0.15) is 16.7 Å². The van der Waals surface area contributed by atoms with Gasteiger partial charge in [-0.05, 0) is 18.1 Å². The van der Waals surface area contributed by atoms with Gasteiger partial charge in [-0.1, -0.05) is 0 Å². The van der Waals surface area contributed by atoms with Gasteiger partial charge in [0.25, 0.3) is 5.69 Å². The molecular formula is C9H8F3NO3. The summed E-state index contributed by atoms with van der Waals surface area (Å²) >= 11 is 0. The lowest BCUT2D eigenvalue weighted by Gasteiger charge is -2.12. The van der Waals surface area contributed by atoms with Gasteiger partial charge in [0.2, 0.25) is 0 Å². The molecule has 0 radical (unpaired) electrons. The predicted molar refractivity (Wildman–Crippen MR) is 48.8 cm³/mol. The molecule has 0 spiro atoms. The minimum atomic E-state index is -4.67. The van der Waals surface area contributed by atoms with E-state index in [9.17, 15) is 23.3 Å². The van der Waals surface area contributed by atoms with E-state index >= 15 is 0 Å². The number of non-ortho nitro benzene ring substituents is 1. The largest absolute Gasteiger partial charge is 0.416 e. The van der Waals surface area contributed by atoms with E-state index in [1.807, 2.05) is 0 Å². The standard InChI is InChI=1S/C9H8F3NO3/c1-5-6(4-14)2-7(13(15)16)3-8(5)9(10,11)12/h2-3,14H,4H2,1H3. The lowest BCUT2D eigenvalue weighted by atomic mass is 10.0. The Hall–Kier alpha value is -1.63. The van der Waals surface area contributed by atoms with Crippen LogP contribution in [0, 0.1) is 17.0 Å². The van der Waals surface area contributed by atoms with Gasteiger partial charge in [-0.25, -0.2) is 0 Å². The predicted octanol–water partition coefficient (Wildman–Crippen LogP) is 2.41. The lowest BCUT2D eigenvalue weighted by molar-refractivity contribution is -0.385. The van der Waals surface area contributed by atoms with Crippen LogP contribution in [0.15, 0.2) is 12.1 Å². The second kappa shape index (κ2) is 4.09. The van der Waals surface area contributed by atoms with Crippen molar-refractivity contribution in [3.05, 3.63) is 38.9 Å². The molecule has 0 saturated carbocycles. The molecule has 1 N–H and O–H groups in total. The zero-order chi connectivity index (χ0) is 12.5. The molecule has 0 aliphatic heterocycles. The molecule has 16 heavy (non-hydrogen) atoms. The van der Waals surface area contributed by atoms with Crippen LogP contribution in [0.5, 0.6) is 0 Å². The van der Waals surface area contributed by atoms with E-state index in [-0.39, 0.29) is 11.1 Å². The highest BCUT2D eigenvalue weighted by atomic mass is 19.4. The molecule has 0 unspecified atom stereocenters. The number of halogens is 3. The Balaban J connectivity index is 3.48. The van der Waals surface area contributed by atoms with Gasteiger partial charge < -0.3 is 5.11 Å². The smallest absolute Gasteiger partial charge is 0.392 e. The molecule has 0 saturated heterocycles. The third-order valence-corrected chi connectivity index (χ3v) is 2.19. The molecule has 88 valence electrons. The van der Waals surface area contributed by atoms with Gasteiger partial charge in [0.15, 0.2) is 0 Å². The van der Waals surface area contributed by atoms with E-state index < -0.39 is 29.0 Å². The number of benzene rings is 1. The molecule has 0 aromatic heterocycles. The van der Waals surface area contributed by atoms with Crippen LogP contribution in [-0.2, 0) is 12.8 Å². The van der Waals surface area contributed by atoms with Gasteiger partial charge >= 0.3 is 6.18 Å². The van der Waals surface area contributed by atoms with Gasteiger partial charge in [0.05, 0.1) is 17.1 Å². The van der Waals surface area contributed by atoms with Crippen molar-refractivity contribution >= 4 is 5.69 Å². The number of alkyl halides is 3. The molecule has 0 atom stereocenters. The van der Waals surface area contributed by atoms with Crippen LogP contribution < -0.4 is 0 Å². The normalized spacial score (nSPS) is 11.6. The van der Waals surface area contributed by atoms with Gasteiger partial charge in [-0.2, -0.15) is 13.2 Å². The number of nitro benzene ring substituents is 1. The number of aliphatic hydroxyl groups is 1. The van der Waals surface area contributed by atoms with Crippen molar-refractivity contribution in [3.8, 4) is 0 Å². The molecule has 4 nitrogen and oxygen atoms in total. The van der Waals surface area contributed by atoms with Gasteiger partial charge in [0.1, 0.15) is 0 Å². The van der Waals surface area contributed by atoms with Crippen molar-refractivity contribution in [1.82, 2.24) is 0 Å². The summed E-state index contributed by atoms with van der Waals surface area (Å²) in [5.74, 6) is 0. The maximum atomic E-state index is 12.5. The number of nitro groups is 1. The summed E-state index contributed by atoms with van der Waals surface area (Å²) in [6.45, 7) is 0.495. The SMILES string of the molecule is Cc1c(CO)cc([N+](=O)[O-])cc1C(F)(F)F. The highest BCUT2D eigenvalue weighted by molar-refractivity contribution is 5.46. The van der Waals surface area contributed by atoms with E-state index in [1.54, 1.807) is 0 Å². The minimum Gasteiger partial charge on any atom is -0.392 e. The van der Waals surface area contributed by atoms with Gasteiger partial charge in [-0.15, -0.1) is 0 Å². The van der Waals surface area contributed by atoms with Crippen LogP contribution >= 0.6 is 0 Å². The zero-order valence-corrected chi connectivity index (χ0v) is 8.21. The van der Waals surface area contributed by atoms with Gasteiger partial charge in [-0.3, -0.25) is 10.1 Å². The topological polar surface area (TPSA) is 63.4 Å². The Morgan fingerprint density at radius 3 is 2.38 bits per heavy atom. The number of rotatable bonds is 2. The average Bonchev–Trinajstić information content (AvgIpc) is 2.15. The van der Waals surface area contributed by atoms with Gasteiger partial charge in [0, 0.05) is 12.1 Å². The number of nitrogens with zero attached hydrogens (tertiary/aromatic N) is 1. The minimum absolute atomic E-state index is 0.0958. The van der Waals surface area contributed by atoms with Crippen molar-refractivity contribution in [3.63, 3.8) is 0 Å². The Morgan fingerprint density at radius 1 is 1.44 bits per heavy atom. The van der Waals surface area contributed by atoms with Crippen molar-refractivity contribution < 1.29 is 23.2 Å². The number of hydrogen-bond donors (Lipinski definition) is 1. The van der Waals surface area contributed by atoms with Crippen molar-refractivity contribution in [1.29, 1.82) is 0 Å². The molecule has 0 amide bonds. The molecule has 7 heteroatoms. The lowest BCUT2D eigenvalue weighted by Crippen LogP contribution is -2.10. The molecule has 0 aliphatic carbocycles. The van der Waals surface area contributed by atoms with E-state index in [0.29, 0.717) is 6.07 Å². The molecule has 0 heterocycles. The van der Waals surface area contributed by atoms with E-state index in [1.165, 1.54) is 0 Å². The van der Waals surface area contributed by atoms with Crippen molar-refractivity contribution in [2.45, 2.75) is 19.7 Å². The van der Waals surface area contributed by atoms with Crippen LogP contribution in [-0.4, -0.2) is 10.0 Å². The Morgan fingerprint density at radius 2 is 2.00 bits per heavy atom. The molecule has 0 fully saturated rings. The first kappa shape index (κ1) is 12.4. The molecule has 0 bridgehead atoms. The summed E-state index contributed by atoms with van der Waals surface area (Å²) in [6, 6.07) is 1.40. The third kappa shape index (κ3) is 2.30. The molecule has 1 aromatic carbocycles. The van der Waals surface area contributed by atoms with E-state index in [4.69, 9.17) is 5.11 Å². The summed E-state index contributed by atoms with van der Waals surface area (Å²) in [4.78, 5) is 9.49. The third-order valence-electron chi connectivity index (χ3n) is 2.19. The summed E-state index contributed by atoms with van der Waals surface area (Å²) in [5.41, 5.74) is -2.06. The van der Waals surface area contributed by atoms with E-state index in [2.05, 4.69) is 0 Å². The highest BCUT2D eigenvalue weighted by Crippen LogP contribution is 2.35. The van der Waals surface area contributed by atoms with Crippen molar-refractivity contribution in [2.24, 2.45) is 0 Å². The average molecular weight is 235 g/mol. The fraction of sp³-hybridized carbons (Fsp3) is 0.333. The van der Waals surface area contributed by atoms with Crippen LogP contribution in [0.4, 0.5) is 18.9 Å². The maximum Gasteiger partial charge on any atom is 0.416 e. The van der Waals surface area contributed by atoms with Crippen LogP contribution in [0.3, 0.4) is 0 Å². The van der Waals surface area contributed by atoms with Crippen LogP contribution in [0.2, 0.25) is 0 Å². The maximum absolute atomic E-state index is 12.5. The number of hydrogen-bond acceptors (Lipinski definition) is 3. The Bertz CT molecular complexity index is 429. The second-order valence-corrected chi connectivity index (χ2v) is 3.19. The quantitative estimate of drug-likeness (QED) is 0.632. The fourth-order valence-corrected chi connectivity index (χ4v) is 1.32. The summed E-state index contributed by atoms with van der Waals surface area (Å²) in [5, 5.41) is 19.2.